The number of amides is 4. The summed E-state index contributed by atoms with van der Waals surface area (Å²) in [5, 5.41) is 11.8. The van der Waals surface area contributed by atoms with Crippen LogP contribution in [0.15, 0.2) is 83.4 Å². The lowest BCUT2D eigenvalue weighted by atomic mass is 10.2. The molecule has 1 aromatic heterocycles. The van der Waals surface area contributed by atoms with Gasteiger partial charge in [-0.1, -0.05) is 54.1 Å². The zero-order chi connectivity index (χ0) is 27.2. The Balaban J connectivity index is 1.48. The van der Waals surface area contributed by atoms with Gasteiger partial charge >= 0.3 is 6.09 Å². The Bertz CT molecular complexity index is 1460. The molecule has 194 valence electrons. The molecule has 13 heteroatoms. The lowest BCUT2D eigenvalue weighted by Gasteiger charge is -2.15. The molecule has 0 spiro atoms. The molecule has 0 fully saturated rings. The van der Waals surface area contributed by atoms with Crippen molar-refractivity contribution in [2.75, 3.05) is 12.4 Å². The number of nitrogens with one attached hydrogen (secondary N) is 3. The maximum atomic E-state index is 13.0. The van der Waals surface area contributed by atoms with Crippen molar-refractivity contribution in [2.24, 2.45) is 0 Å². The van der Waals surface area contributed by atoms with Gasteiger partial charge in [0.1, 0.15) is 18.0 Å². The van der Waals surface area contributed by atoms with Crippen LogP contribution in [0.1, 0.15) is 26.4 Å². The van der Waals surface area contributed by atoms with E-state index in [0.717, 1.165) is 16.7 Å². The topological polar surface area (TPSA) is 137 Å². The summed E-state index contributed by atoms with van der Waals surface area (Å²) in [6.45, 7) is 0.0209. The highest BCUT2D eigenvalue weighted by molar-refractivity contribution is 9.10. The molecule has 1 aliphatic heterocycles. The highest BCUT2D eigenvalue weighted by atomic mass is 79.9. The fraction of sp³-hybridized carbons (Fsp3) is 0.0800. The van der Waals surface area contributed by atoms with E-state index in [-0.39, 0.29) is 38.9 Å². The first-order valence-corrected chi connectivity index (χ1v) is 12.2. The van der Waals surface area contributed by atoms with Gasteiger partial charge < -0.3 is 20.3 Å². The SMILES string of the molecule is CN1C=CN(C(=O)OCc2ccccc2)C=C(NC(=O)c2[nH]nc(NC(=O)c3ccccc3Cl)c2Br)C1=O. The Morgan fingerprint density at radius 1 is 1.03 bits per heavy atom. The van der Waals surface area contributed by atoms with Crippen LogP contribution in [0.2, 0.25) is 5.02 Å². The molecule has 2 aromatic carbocycles. The first kappa shape index (κ1) is 26.6. The number of likely N-dealkylation sites (N-methyl/N-ethyl adjacent to an activating group) is 1. The van der Waals surface area contributed by atoms with Gasteiger partial charge in [0, 0.05) is 25.6 Å². The van der Waals surface area contributed by atoms with Gasteiger partial charge in [-0.2, -0.15) is 5.10 Å². The van der Waals surface area contributed by atoms with E-state index in [1.54, 1.807) is 30.3 Å². The van der Waals surface area contributed by atoms with Gasteiger partial charge in [-0.3, -0.25) is 24.4 Å². The minimum absolute atomic E-state index is 0.0209. The fourth-order valence-corrected chi connectivity index (χ4v) is 3.90. The summed E-state index contributed by atoms with van der Waals surface area (Å²) in [6.07, 6.45) is 3.08. The number of carbonyl (C=O) groups is 4. The van der Waals surface area contributed by atoms with Crippen molar-refractivity contribution < 1.29 is 23.9 Å². The van der Waals surface area contributed by atoms with Crippen LogP contribution in [0.3, 0.4) is 0 Å². The summed E-state index contributed by atoms with van der Waals surface area (Å²) in [4.78, 5) is 53.2. The minimum atomic E-state index is -0.757. The van der Waals surface area contributed by atoms with Crippen LogP contribution in [0.5, 0.6) is 0 Å². The van der Waals surface area contributed by atoms with Crippen LogP contribution in [0, 0.1) is 0 Å². The predicted molar refractivity (Wildman–Crippen MR) is 142 cm³/mol. The molecule has 0 saturated carbocycles. The first-order valence-electron chi connectivity index (χ1n) is 11.0. The van der Waals surface area contributed by atoms with Gasteiger partial charge in [0.15, 0.2) is 5.82 Å². The predicted octanol–water partition coefficient (Wildman–Crippen LogP) is 4.23. The van der Waals surface area contributed by atoms with Crippen LogP contribution >= 0.6 is 27.5 Å². The molecule has 38 heavy (non-hydrogen) atoms. The van der Waals surface area contributed by atoms with Gasteiger partial charge in [0.05, 0.1) is 15.1 Å². The number of carbonyl (C=O) groups excluding carboxylic acids is 4. The molecule has 11 nitrogen and oxygen atoms in total. The van der Waals surface area contributed by atoms with E-state index < -0.39 is 23.8 Å². The Kier molecular flexibility index (Phi) is 8.24. The summed E-state index contributed by atoms with van der Waals surface area (Å²) in [7, 11) is 1.46. The van der Waals surface area contributed by atoms with Crippen molar-refractivity contribution in [1.82, 2.24) is 25.3 Å². The number of benzene rings is 2. The molecule has 0 bridgehead atoms. The van der Waals surface area contributed by atoms with Crippen LogP contribution in [-0.4, -0.2) is 50.9 Å². The molecule has 2 heterocycles. The van der Waals surface area contributed by atoms with Crippen molar-refractivity contribution in [1.29, 1.82) is 0 Å². The molecule has 0 radical (unpaired) electrons. The second kappa shape index (κ2) is 11.8. The molecule has 4 amide bonds. The van der Waals surface area contributed by atoms with Crippen molar-refractivity contribution in [3.05, 3.63) is 105 Å². The molecular weight excluding hydrogens is 580 g/mol. The normalized spacial score (nSPS) is 13.0. The third-order valence-electron chi connectivity index (χ3n) is 5.22. The molecule has 0 saturated heterocycles. The highest BCUT2D eigenvalue weighted by Gasteiger charge is 2.26. The van der Waals surface area contributed by atoms with Crippen LogP contribution < -0.4 is 10.6 Å². The number of anilines is 1. The molecular formula is C25H20BrClN6O5. The Labute approximate surface area is 230 Å². The van der Waals surface area contributed by atoms with E-state index in [0.29, 0.717) is 0 Å². The Morgan fingerprint density at radius 2 is 1.74 bits per heavy atom. The quantitative estimate of drug-likeness (QED) is 0.388. The van der Waals surface area contributed by atoms with Gasteiger partial charge in [-0.25, -0.2) is 4.79 Å². The van der Waals surface area contributed by atoms with Crippen molar-refractivity contribution >= 4 is 57.2 Å². The van der Waals surface area contributed by atoms with Gasteiger partial charge in [-0.15, -0.1) is 0 Å². The monoisotopic (exact) mass is 598 g/mol. The van der Waals surface area contributed by atoms with Crippen LogP contribution in [0.25, 0.3) is 0 Å². The zero-order valence-corrected chi connectivity index (χ0v) is 22.1. The molecule has 4 rings (SSSR count). The summed E-state index contributed by atoms with van der Waals surface area (Å²) in [5.41, 5.74) is 0.722. The molecule has 0 aliphatic carbocycles. The van der Waals surface area contributed by atoms with Crippen LogP contribution in [-0.2, 0) is 16.1 Å². The van der Waals surface area contributed by atoms with E-state index in [2.05, 4.69) is 36.8 Å². The number of aromatic nitrogens is 2. The summed E-state index contributed by atoms with van der Waals surface area (Å²) < 4.78 is 5.45. The third-order valence-corrected chi connectivity index (χ3v) is 6.32. The van der Waals surface area contributed by atoms with Crippen molar-refractivity contribution in [2.45, 2.75) is 6.61 Å². The van der Waals surface area contributed by atoms with Crippen molar-refractivity contribution in [3.8, 4) is 0 Å². The van der Waals surface area contributed by atoms with Gasteiger partial charge in [0.25, 0.3) is 17.7 Å². The Hall–Kier alpha value is -4.42. The zero-order valence-electron chi connectivity index (χ0n) is 19.8. The molecule has 3 N–H and O–H groups in total. The highest BCUT2D eigenvalue weighted by Crippen LogP contribution is 2.25. The minimum Gasteiger partial charge on any atom is -0.444 e. The van der Waals surface area contributed by atoms with Gasteiger partial charge in [-0.05, 0) is 33.6 Å². The second-order valence-electron chi connectivity index (χ2n) is 7.85. The van der Waals surface area contributed by atoms with E-state index >= 15 is 0 Å². The second-order valence-corrected chi connectivity index (χ2v) is 9.05. The summed E-state index contributed by atoms with van der Waals surface area (Å²) in [6, 6.07) is 15.5. The van der Waals surface area contributed by atoms with E-state index in [1.165, 1.54) is 30.4 Å². The number of halogens is 2. The lowest BCUT2D eigenvalue weighted by Crippen LogP contribution is -2.34. The Morgan fingerprint density at radius 3 is 2.47 bits per heavy atom. The molecule has 3 aromatic rings. The van der Waals surface area contributed by atoms with Gasteiger partial charge in [0.2, 0.25) is 0 Å². The first-order chi connectivity index (χ1) is 18.2. The maximum absolute atomic E-state index is 13.0. The summed E-state index contributed by atoms with van der Waals surface area (Å²) in [5.74, 6) is -1.84. The number of aromatic amines is 1. The molecule has 1 aliphatic rings. The number of rotatable bonds is 6. The lowest BCUT2D eigenvalue weighted by molar-refractivity contribution is -0.123. The molecule has 0 unspecified atom stereocenters. The number of H-pyrrole nitrogens is 1. The fourth-order valence-electron chi connectivity index (χ4n) is 3.23. The average molecular weight is 600 g/mol. The van der Waals surface area contributed by atoms with E-state index in [1.807, 2.05) is 18.2 Å². The standard InChI is InChI=1S/C25H20BrClN6O5/c1-32-11-12-33(25(37)38-14-15-7-3-2-4-8-15)13-18(24(32)36)28-23(35)20-19(26)21(31-30-20)29-22(34)16-9-5-6-10-17(16)27/h2-13H,14H2,1H3,(H,28,35)(H2,29,30,31,34). The largest absolute Gasteiger partial charge is 0.444 e. The summed E-state index contributed by atoms with van der Waals surface area (Å²) >= 11 is 9.31. The van der Waals surface area contributed by atoms with Crippen LogP contribution in [0.4, 0.5) is 10.6 Å². The maximum Gasteiger partial charge on any atom is 0.418 e. The van der Waals surface area contributed by atoms with E-state index in [4.69, 9.17) is 16.3 Å². The molecule has 0 atom stereocenters. The average Bonchev–Trinajstić information content (AvgIpc) is 3.21. The number of hydrogen-bond donors (Lipinski definition) is 3. The smallest absolute Gasteiger partial charge is 0.418 e. The van der Waals surface area contributed by atoms with E-state index in [9.17, 15) is 19.2 Å². The number of hydrogen-bond acceptors (Lipinski definition) is 6. The van der Waals surface area contributed by atoms with Crippen molar-refractivity contribution in [3.63, 3.8) is 0 Å². The number of nitrogens with zero attached hydrogens (tertiary/aromatic N) is 3. The number of ether oxygens (including phenoxy) is 1. The third kappa shape index (κ3) is 6.10.